The number of alkyl halides is 3. The fourth-order valence-corrected chi connectivity index (χ4v) is 1.96. The van der Waals surface area contributed by atoms with Crippen LogP contribution in [0.25, 0.3) is 0 Å². The van der Waals surface area contributed by atoms with Gasteiger partial charge in [0, 0.05) is 0 Å². The van der Waals surface area contributed by atoms with Gasteiger partial charge in [0.25, 0.3) is 0 Å². The summed E-state index contributed by atoms with van der Waals surface area (Å²) in [6, 6.07) is 11.9. The maximum atomic E-state index is 12.6. The van der Waals surface area contributed by atoms with Crippen LogP contribution in [0.15, 0.2) is 48.5 Å². The summed E-state index contributed by atoms with van der Waals surface area (Å²) < 4.78 is 37.9. The molecule has 0 aliphatic rings. The smallest absolute Gasteiger partial charge is 0.384 e. The number of aliphatic hydroxyl groups excluding tert-OH is 1. The summed E-state index contributed by atoms with van der Waals surface area (Å²) in [7, 11) is 0. The number of aryl methyl sites for hydroxylation is 1. The van der Waals surface area contributed by atoms with E-state index in [9.17, 15) is 18.3 Å². The maximum Gasteiger partial charge on any atom is 0.416 e. The van der Waals surface area contributed by atoms with Gasteiger partial charge in [0.1, 0.15) is 6.10 Å². The van der Waals surface area contributed by atoms with Crippen molar-refractivity contribution >= 4 is 0 Å². The predicted octanol–water partition coefficient (Wildman–Crippen LogP) is 4.10. The van der Waals surface area contributed by atoms with Crippen LogP contribution in [0.3, 0.4) is 0 Å². The fourth-order valence-electron chi connectivity index (χ4n) is 1.96. The van der Waals surface area contributed by atoms with E-state index >= 15 is 0 Å². The zero-order chi connectivity index (χ0) is 14.0. The molecule has 0 fully saturated rings. The van der Waals surface area contributed by atoms with Gasteiger partial charge in [-0.25, -0.2) is 0 Å². The minimum absolute atomic E-state index is 0.240. The molecule has 0 saturated carbocycles. The van der Waals surface area contributed by atoms with Crippen molar-refractivity contribution in [3.63, 3.8) is 0 Å². The molecular formula is C15H13F3O. The van der Waals surface area contributed by atoms with Crippen LogP contribution in [-0.2, 0) is 6.18 Å². The highest BCUT2D eigenvalue weighted by molar-refractivity contribution is 5.37. The molecule has 0 aromatic heterocycles. The van der Waals surface area contributed by atoms with E-state index in [1.807, 2.05) is 19.1 Å². The summed E-state index contributed by atoms with van der Waals surface area (Å²) in [5, 5.41) is 10.2. The maximum absolute atomic E-state index is 12.6. The van der Waals surface area contributed by atoms with Crippen molar-refractivity contribution in [3.8, 4) is 0 Å². The van der Waals surface area contributed by atoms with E-state index < -0.39 is 17.8 Å². The molecule has 2 rings (SSSR count). The highest BCUT2D eigenvalue weighted by Crippen LogP contribution is 2.32. The average molecular weight is 266 g/mol. The number of aliphatic hydroxyl groups is 1. The molecule has 1 unspecified atom stereocenters. The molecule has 0 amide bonds. The van der Waals surface area contributed by atoms with Crippen molar-refractivity contribution in [1.82, 2.24) is 0 Å². The van der Waals surface area contributed by atoms with Gasteiger partial charge in [-0.3, -0.25) is 0 Å². The van der Waals surface area contributed by atoms with Gasteiger partial charge < -0.3 is 5.11 Å². The standard InChI is InChI=1S/C15H13F3O/c1-10-5-2-3-8-13(10)14(19)11-6-4-7-12(9-11)15(16,17)18/h2-9,14,19H,1H3. The third-order valence-electron chi connectivity index (χ3n) is 3.01. The molecule has 1 atom stereocenters. The van der Waals surface area contributed by atoms with E-state index in [4.69, 9.17) is 0 Å². The summed E-state index contributed by atoms with van der Waals surface area (Å²) in [5.74, 6) is 0. The summed E-state index contributed by atoms with van der Waals surface area (Å²) in [4.78, 5) is 0. The molecule has 2 aromatic rings. The molecular weight excluding hydrogens is 253 g/mol. The zero-order valence-electron chi connectivity index (χ0n) is 10.3. The average Bonchev–Trinajstić information content (AvgIpc) is 2.38. The molecule has 0 saturated heterocycles. The Balaban J connectivity index is 2.40. The second-order valence-electron chi connectivity index (χ2n) is 4.38. The molecule has 1 N–H and O–H groups in total. The van der Waals surface area contributed by atoms with Gasteiger partial charge in [0.05, 0.1) is 5.56 Å². The number of hydrogen-bond donors (Lipinski definition) is 1. The van der Waals surface area contributed by atoms with Crippen molar-refractivity contribution in [2.45, 2.75) is 19.2 Å². The summed E-state index contributed by atoms with van der Waals surface area (Å²) in [6.07, 6.45) is -5.45. The number of benzene rings is 2. The van der Waals surface area contributed by atoms with Crippen LogP contribution < -0.4 is 0 Å². The first-order chi connectivity index (χ1) is 8.89. The Morgan fingerprint density at radius 1 is 1.00 bits per heavy atom. The monoisotopic (exact) mass is 266 g/mol. The second-order valence-corrected chi connectivity index (χ2v) is 4.38. The van der Waals surface area contributed by atoms with Crippen LogP contribution in [0.4, 0.5) is 13.2 Å². The third kappa shape index (κ3) is 2.96. The Bertz CT molecular complexity index is 576. The molecule has 0 spiro atoms. The number of hydrogen-bond acceptors (Lipinski definition) is 1. The van der Waals surface area contributed by atoms with Crippen molar-refractivity contribution in [1.29, 1.82) is 0 Å². The number of rotatable bonds is 2. The van der Waals surface area contributed by atoms with Gasteiger partial charge in [-0.1, -0.05) is 36.4 Å². The second kappa shape index (κ2) is 5.05. The van der Waals surface area contributed by atoms with Crippen LogP contribution >= 0.6 is 0 Å². The Morgan fingerprint density at radius 3 is 2.32 bits per heavy atom. The Hall–Kier alpha value is -1.81. The first-order valence-corrected chi connectivity index (χ1v) is 5.80. The zero-order valence-corrected chi connectivity index (χ0v) is 10.3. The molecule has 1 nitrogen and oxygen atoms in total. The molecule has 0 aliphatic carbocycles. The first-order valence-electron chi connectivity index (χ1n) is 5.80. The lowest BCUT2D eigenvalue weighted by molar-refractivity contribution is -0.137. The van der Waals surface area contributed by atoms with E-state index in [1.165, 1.54) is 12.1 Å². The quantitative estimate of drug-likeness (QED) is 0.867. The molecule has 2 aromatic carbocycles. The van der Waals surface area contributed by atoms with Gasteiger partial charge in [-0.05, 0) is 35.7 Å². The Labute approximate surface area is 109 Å². The summed E-state index contributed by atoms with van der Waals surface area (Å²) in [5.41, 5.74) is 0.941. The molecule has 0 aliphatic heterocycles. The summed E-state index contributed by atoms with van der Waals surface area (Å²) >= 11 is 0. The lowest BCUT2D eigenvalue weighted by atomic mass is 9.96. The third-order valence-corrected chi connectivity index (χ3v) is 3.01. The van der Waals surface area contributed by atoms with Crippen LogP contribution in [-0.4, -0.2) is 5.11 Å². The van der Waals surface area contributed by atoms with Crippen LogP contribution in [0.1, 0.15) is 28.4 Å². The molecule has 0 radical (unpaired) electrons. The molecule has 100 valence electrons. The Morgan fingerprint density at radius 2 is 1.68 bits per heavy atom. The van der Waals surface area contributed by atoms with Gasteiger partial charge in [-0.15, -0.1) is 0 Å². The van der Waals surface area contributed by atoms with E-state index in [0.29, 0.717) is 5.56 Å². The molecule has 0 bridgehead atoms. The minimum atomic E-state index is -4.40. The lowest BCUT2D eigenvalue weighted by Crippen LogP contribution is -2.08. The van der Waals surface area contributed by atoms with Crippen molar-refractivity contribution in [2.75, 3.05) is 0 Å². The van der Waals surface area contributed by atoms with Crippen molar-refractivity contribution in [2.24, 2.45) is 0 Å². The van der Waals surface area contributed by atoms with E-state index in [0.717, 1.165) is 17.7 Å². The lowest BCUT2D eigenvalue weighted by Gasteiger charge is -2.15. The van der Waals surface area contributed by atoms with E-state index in [2.05, 4.69) is 0 Å². The highest BCUT2D eigenvalue weighted by Gasteiger charge is 2.31. The fraction of sp³-hybridized carbons (Fsp3) is 0.200. The number of halogens is 3. The first kappa shape index (κ1) is 13.6. The molecule has 19 heavy (non-hydrogen) atoms. The molecule has 4 heteroatoms. The van der Waals surface area contributed by atoms with Crippen LogP contribution in [0.5, 0.6) is 0 Å². The topological polar surface area (TPSA) is 20.2 Å². The minimum Gasteiger partial charge on any atom is -0.384 e. The van der Waals surface area contributed by atoms with Crippen LogP contribution in [0, 0.1) is 6.92 Å². The van der Waals surface area contributed by atoms with E-state index in [1.54, 1.807) is 12.1 Å². The Kier molecular flexibility index (Phi) is 3.62. The largest absolute Gasteiger partial charge is 0.416 e. The van der Waals surface area contributed by atoms with Gasteiger partial charge in [0.2, 0.25) is 0 Å². The van der Waals surface area contributed by atoms with E-state index in [-0.39, 0.29) is 5.56 Å². The predicted molar refractivity (Wildman–Crippen MR) is 66.7 cm³/mol. The van der Waals surface area contributed by atoms with Crippen LogP contribution in [0.2, 0.25) is 0 Å². The SMILES string of the molecule is Cc1ccccc1C(O)c1cccc(C(F)(F)F)c1. The van der Waals surface area contributed by atoms with Gasteiger partial charge >= 0.3 is 6.18 Å². The van der Waals surface area contributed by atoms with Crippen molar-refractivity contribution < 1.29 is 18.3 Å². The summed E-state index contributed by atoms with van der Waals surface area (Å²) in [6.45, 7) is 1.81. The van der Waals surface area contributed by atoms with Gasteiger partial charge in [0.15, 0.2) is 0 Å². The van der Waals surface area contributed by atoms with Crippen molar-refractivity contribution in [3.05, 3.63) is 70.8 Å². The highest BCUT2D eigenvalue weighted by atomic mass is 19.4. The molecule has 0 heterocycles. The normalized spacial score (nSPS) is 13.3. The van der Waals surface area contributed by atoms with Gasteiger partial charge in [-0.2, -0.15) is 13.2 Å².